The van der Waals surface area contributed by atoms with Crippen LogP contribution in [0.5, 0.6) is 0 Å². The largest absolute Gasteiger partial charge is 0.367 e. The molecule has 1 unspecified atom stereocenters. The number of hydrogen-bond donors (Lipinski definition) is 2. The Kier molecular flexibility index (Phi) is 3.20. The third kappa shape index (κ3) is 2.40. The molecular weight excluding hydrogens is 232 g/mol. The topological polar surface area (TPSA) is 49.8 Å². The van der Waals surface area contributed by atoms with Gasteiger partial charge in [0.1, 0.15) is 17.0 Å². The van der Waals surface area contributed by atoms with E-state index < -0.39 is 0 Å². The fourth-order valence-electron chi connectivity index (χ4n) is 2.26. The zero-order valence-corrected chi connectivity index (χ0v) is 10.5. The zero-order valence-electron chi connectivity index (χ0n) is 9.65. The summed E-state index contributed by atoms with van der Waals surface area (Å²) in [6.07, 6.45) is 5.25. The molecule has 0 saturated carbocycles. The van der Waals surface area contributed by atoms with E-state index in [1.165, 1.54) is 12.8 Å². The molecule has 1 saturated heterocycles. The normalized spacial score (nSPS) is 21.3. The van der Waals surface area contributed by atoms with E-state index in [9.17, 15) is 0 Å². The number of nitrogens with zero attached hydrogens (tertiary/aromatic N) is 2. The molecule has 0 aromatic carbocycles. The second kappa shape index (κ2) is 4.98. The van der Waals surface area contributed by atoms with Crippen LogP contribution >= 0.6 is 11.3 Å². The van der Waals surface area contributed by atoms with Gasteiger partial charge < -0.3 is 10.6 Å². The van der Waals surface area contributed by atoms with Crippen LogP contribution in [0.15, 0.2) is 17.8 Å². The second-order valence-corrected chi connectivity index (χ2v) is 5.28. The van der Waals surface area contributed by atoms with E-state index in [0.717, 1.165) is 35.5 Å². The van der Waals surface area contributed by atoms with E-state index in [1.54, 1.807) is 17.7 Å². The summed E-state index contributed by atoms with van der Waals surface area (Å²) < 4.78 is 0. The predicted octanol–water partition coefficient (Wildman–Crippen LogP) is 2.25. The van der Waals surface area contributed by atoms with Gasteiger partial charge in [0.15, 0.2) is 0 Å². The molecule has 1 aliphatic rings. The smallest absolute Gasteiger partial charge is 0.138 e. The molecule has 2 N–H and O–H groups in total. The lowest BCUT2D eigenvalue weighted by molar-refractivity contribution is 0.635. The van der Waals surface area contributed by atoms with Crippen molar-refractivity contribution in [2.75, 3.05) is 18.4 Å². The molecule has 0 spiro atoms. The molecule has 1 aliphatic heterocycles. The fourth-order valence-corrected chi connectivity index (χ4v) is 2.99. The van der Waals surface area contributed by atoms with Crippen molar-refractivity contribution in [1.82, 2.24) is 15.3 Å². The first-order valence-corrected chi connectivity index (χ1v) is 6.97. The molecule has 0 radical (unpaired) electrons. The molecule has 2 aromatic rings. The Hall–Kier alpha value is -1.20. The number of hydrogen-bond acceptors (Lipinski definition) is 5. The Bertz CT molecular complexity index is 488. The first-order valence-electron chi connectivity index (χ1n) is 6.09. The van der Waals surface area contributed by atoms with Gasteiger partial charge in [0.2, 0.25) is 0 Å². The van der Waals surface area contributed by atoms with Gasteiger partial charge in [0, 0.05) is 6.04 Å². The maximum absolute atomic E-state index is 4.37. The van der Waals surface area contributed by atoms with Crippen molar-refractivity contribution in [3.8, 4) is 0 Å². The summed E-state index contributed by atoms with van der Waals surface area (Å²) >= 11 is 1.66. The molecule has 90 valence electrons. The van der Waals surface area contributed by atoms with Gasteiger partial charge in [0.05, 0.1) is 5.39 Å². The van der Waals surface area contributed by atoms with Gasteiger partial charge in [-0.25, -0.2) is 9.97 Å². The highest BCUT2D eigenvalue weighted by Crippen LogP contribution is 2.25. The average molecular weight is 248 g/mol. The minimum absolute atomic E-state index is 0.531. The van der Waals surface area contributed by atoms with Crippen molar-refractivity contribution in [3.05, 3.63) is 17.8 Å². The van der Waals surface area contributed by atoms with Gasteiger partial charge in [-0.15, -0.1) is 11.3 Å². The summed E-state index contributed by atoms with van der Waals surface area (Å²) in [6.45, 7) is 2.23. The molecule has 1 fully saturated rings. The highest BCUT2D eigenvalue weighted by molar-refractivity contribution is 7.16. The minimum Gasteiger partial charge on any atom is -0.367 e. The molecule has 0 amide bonds. The number of nitrogens with one attached hydrogen (secondary N) is 2. The van der Waals surface area contributed by atoms with Gasteiger partial charge in [0.25, 0.3) is 0 Å². The second-order valence-electron chi connectivity index (χ2n) is 4.38. The zero-order chi connectivity index (χ0) is 11.5. The predicted molar refractivity (Wildman–Crippen MR) is 71.5 cm³/mol. The van der Waals surface area contributed by atoms with E-state index >= 15 is 0 Å². The molecule has 1 atom stereocenters. The van der Waals surface area contributed by atoms with Crippen LogP contribution in [-0.2, 0) is 0 Å². The van der Waals surface area contributed by atoms with Gasteiger partial charge in [-0.2, -0.15) is 0 Å². The molecule has 4 nitrogen and oxygen atoms in total. The lowest BCUT2D eigenvalue weighted by Gasteiger charge is -2.16. The van der Waals surface area contributed by atoms with E-state index in [1.807, 2.05) is 0 Å². The molecular formula is C12H16N4S. The van der Waals surface area contributed by atoms with Crippen molar-refractivity contribution in [2.45, 2.75) is 25.3 Å². The number of aromatic nitrogens is 2. The molecule has 0 bridgehead atoms. The summed E-state index contributed by atoms with van der Waals surface area (Å²) in [6, 6.07) is 2.63. The van der Waals surface area contributed by atoms with Gasteiger partial charge in [-0.05, 0) is 43.8 Å². The summed E-state index contributed by atoms with van der Waals surface area (Å²) in [4.78, 5) is 9.70. The Morgan fingerprint density at radius 1 is 1.29 bits per heavy atom. The van der Waals surface area contributed by atoms with Crippen LogP contribution in [0.4, 0.5) is 5.82 Å². The fraction of sp³-hybridized carbons (Fsp3) is 0.500. The van der Waals surface area contributed by atoms with Crippen LogP contribution in [0.1, 0.15) is 19.3 Å². The average Bonchev–Trinajstić information content (AvgIpc) is 2.69. The molecule has 3 heterocycles. The van der Waals surface area contributed by atoms with Crippen LogP contribution < -0.4 is 10.6 Å². The lowest BCUT2D eigenvalue weighted by atomic mass is 10.1. The van der Waals surface area contributed by atoms with Crippen LogP contribution in [0.25, 0.3) is 10.2 Å². The van der Waals surface area contributed by atoms with Gasteiger partial charge >= 0.3 is 0 Å². The van der Waals surface area contributed by atoms with E-state index in [4.69, 9.17) is 0 Å². The highest BCUT2D eigenvalue weighted by atomic mass is 32.1. The van der Waals surface area contributed by atoms with Crippen LogP contribution in [-0.4, -0.2) is 29.1 Å². The summed E-state index contributed by atoms with van der Waals surface area (Å²) in [5.41, 5.74) is 0. The maximum Gasteiger partial charge on any atom is 0.138 e. The number of thiophene rings is 1. The summed E-state index contributed by atoms with van der Waals surface area (Å²) in [5, 5.41) is 10.2. The number of anilines is 1. The quantitative estimate of drug-likeness (QED) is 0.856. The molecule has 17 heavy (non-hydrogen) atoms. The minimum atomic E-state index is 0.531. The first kappa shape index (κ1) is 10.9. The summed E-state index contributed by atoms with van der Waals surface area (Å²) in [7, 11) is 0. The molecule has 3 rings (SSSR count). The Morgan fingerprint density at radius 3 is 3.29 bits per heavy atom. The monoisotopic (exact) mass is 248 g/mol. The Balaban J connectivity index is 1.81. The SMILES string of the molecule is c1nc(NC2CCCNCC2)c2ccsc2n1. The molecule has 5 heteroatoms. The Morgan fingerprint density at radius 2 is 2.29 bits per heavy atom. The summed E-state index contributed by atoms with van der Waals surface area (Å²) in [5.74, 6) is 0.989. The Labute approximate surface area is 104 Å². The van der Waals surface area contributed by atoms with Gasteiger partial charge in [-0.3, -0.25) is 0 Å². The van der Waals surface area contributed by atoms with Crippen LogP contribution in [0, 0.1) is 0 Å². The number of fused-ring (bicyclic) bond motifs is 1. The van der Waals surface area contributed by atoms with Crippen LogP contribution in [0.3, 0.4) is 0 Å². The van der Waals surface area contributed by atoms with Crippen LogP contribution in [0.2, 0.25) is 0 Å². The first-order chi connectivity index (χ1) is 8.43. The molecule has 0 aliphatic carbocycles. The van der Waals surface area contributed by atoms with Crippen molar-refractivity contribution in [1.29, 1.82) is 0 Å². The molecule has 2 aromatic heterocycles. The highest BCUT2D eigenvalue weighted by Gasteiger charge is 2.13. The van der Waals surface area contributed by atoms with E-state index in [0.29, 0.717) is 6.04 Å². The van der Waals surface area contributed by atoms with Crippen molar-refractivity contribution < 1.29 is 0 Å². The van der Waals surface area contributed by atoms with E-state index in [-0.39, 0.29) is 0 Å². The maximum atomic E-state index is 4.37. The standard InChI is InChI=1S/C12H16N4S/c1-2-9(3-6-13-5-1)16-11-10-4-7-17-12(10)15-8-14-11/h4,7-9,13H,1-3,5-6H2,(H,14,15,16). The number of rotatable bonds is 2. The van der Waals surface area contributed by atoms with Gasteiger partial charge in [-0.1, -0.05) is 0 Å². The van der Waals surface area contributed by atoms with Crippen molar-refractivity contribution >= 4 is 27.4 Å². The van der Waals surface area contributed by atoms with E-state index in [2.05, 4.69) is 32.0 Å². The lowest BCUT2D eigenvalue weighted by Crippen LogP contribution is -2.22. The third-order valence-electron chi connectivity index (χ3n) is 3.18. The van der Waals surface area contributed by atoms with Crippen molar-refractivity contribution in [2.24, 2.45) is 0 Å². The third-order valence-corrected chi connectivity index (χ3v) is 4.00. The van der Waals surface area contributed by atoms with Crippen molar-refractivity contribution in [3.63, 3.8) is 0 Å².